The van der Waals surface area contributed by atoms with E-state index in [4.69, 9.17) is 0 Å². The Bertz CT molecular complexity index is 542. The van der Waals surface area contributed by atoms with Crippen LogP contribution in [0.4, 0.5) is 4.39 Å². The molecule has 1 aliphatic carbocycles. The third-order valence-corrected chi connectivity index (χ3v) is 4.49. The molecule has 0 saturated heterocycles. The van der Waals surface area contributed by atoms with Crippen molar-refractivity contribution in [3.63, 3.8) is 0 Å². The number of hydrogen-bond donors (Lipinski definition) is 2. The van der Waals surface area contributed by atoms with Crippen molar-refractivity contribution < 1.29 is 12.8 Å². The Morgan fingerprint density at radius 3 is 2.74 bits per heavy atom. The van der Waals surface area contributed by atoms with Crippen LogP contribution in [0.5, 0.6) is 0 Å². The molecule has 2 rings (SSSR count). The van der Waals surface area contributed by atoms with Crippen molar-refractivity contribution in [1.82, 2.24) is 10.0 Å². The summed E-state index contributed by atoms with van der Waals surface area (Å²) in [5, 5.41) is 3.18. The maximum atomic E-state index is 13.6. The summed E-state index contributed by atoms with van der Waals surface area (Å²) in [4.78, 5) is 0.120. The molecule has 6 heteroatoms. The van der Waals surface area contributed by atoms with E-state index in [-0.39, 0.29) is 10.7 Å². The summed E-state index contributed by atoms with van der Waals surface area (Å²) >= 11 is 0. The van der Waals surface area contributed by atoms with Gasteiger partial charge in [0.1, 0.15) is 5.82 Å². The molecule has 0 amide bonds. The van der Waals surface area contributed by atoms with Crippen LogP contribution in [0.25, 0.3) is 0 Å². The van der Waals surface area contributed by atoms with Crippen LogP contribution >= 0.6 is 0 Å². The third-order valence-electron chi connectivity index (χ3n) is 3.03. The van der Waals surface area contributed by atoms with Crippen molar-refractivity contribution in [1.29, 1.82) is 0 Å². The zero-order chi connectivity index (χ0) is 13.9. The number of rotatable bonds is 7. The van der Waals surface area contributed by atoms with Crippen LogP contribution in [0, 0.1) is 5.82 Å². The molecule has 2 N–H and O–H groups in total. The van der Waals surface area contributed by atoms with Crippen molar-refractivity contribution in [2.75, 3.05) is 6.54 Å². The van der Waals surface area contributed by atoms with Crippen LogP contribution in [-0.4, -0.2) is 21.0 Å². The normalized spacial score (nSPS) is 15.7. The zero-order valence-electron chi connectivity index (χ0n) is 10.9. The first kappa shape index (κ1) is 14.4. The van der Waals surface area contributed by atoms with E-state index in [0.717, 1.165) is 19.3 Å². The van der Waals surface area contributed by atoms with E-state index in [0.29, 0.717) is 24.7 Å². The van der Waals surface area contributed by atoms with Crippen LogP contribution in [0.1, 0.15) is 31.7 Å². The minimum absolute atomic E-state index is 0.120. The summed E-state index contributed by atoms with van der Waals surface area (Å²) in [5.41, 5.74) is 0.395. The summed E-state index contributed by atoms with van der Waals surface area (Å²) in [5.74, 6) is -0.373. The maximum Gasteiger partial charge on any atom is 0.240 e. The Kier molecular flexibility index (Phi) is 4.54. The first-order chi connectivity index (χ1) is 9.03. The summed E-state index contributed by atoms with van der Waals surface area (Å²) in [6.07, 6.45) is 2.94. The van der Waals surface area contributed by atoms with Crippen molar-refractivity contribution in [3.8, 4) is 0 Å². The van der Waals surface area contributed by atoms with Gasteiger partial charge in [0.25, 0.3) is 0 Å². The molecule has 1 fully saturated rings. The summed E-state index contributed by atoms with van der Waals surface area (Å²) < 4.78 is 40.0. The monoisotopic (exact) mass is 286 g/mol. The summed E-state index contributed by atoms with van der Waals surface area (Å²) in [7, 11) is -3.53. The van der Waals surface area contributed by atoms with Crippen molar-refractivity contribution in [2.24, 2.45) is 0 Å². The molecule has 1 aliphatic rings. The molecule has 0 bridgehead atoms. The van der Waals surface area contributed by atoms with Gasteiger partial charge in [0.05, 0.1) is 4.90 Å². The van der Waals surface area contributed by atoms with Crippen LogP contribution < -0.4 is 10.0 Å². The van der Waals surface area contributed by atoms with Gasteiger partial charge in [-0.1, -0.05) is 6.92 Å². The standard InChI is InChI=1S/C13H19FN2O2S/c1-2-7-16-19(17,18)12-5-6-13(14)10(8-12)9-15-11-3-4-11/h5-6,8,11,15-16H,2-4,7,9H2,1H3. The molecule has 106 valence electrons. The first-order valence-corrected chi connectivity index (χ1v) is 8.02. The lowest BCUT2D eigenvalue weighted by Crippen LogP contribution is -2.25. The summed E-state index contributed by atoms with van der Waals surface area (Å²) in [6.45, 7) is 2.64. The highest BCUT2D eigenvalue weighted by molar-refractivity contribution is 7.89. The van der Waals surface area contributed by atoms with Gasteiger partial charge in [0.15, 0.2) is 0 Å². The molecule has 4 nitrogen and oxygen atoms in total. The Balaban J connectivity index is 2.14. The van der Waals surface area contributed by atoms with E-state index in [9.17, 15) is 12.8 Å². The Morgan fingerprint density at radius 2 is 2.11 bits per heavy atom. The van der Waals surface area contributed by atoms with E-state index in [2.05, 4.69) is 10.0 Å². The lowest BCUT2D eigenvalue weighted by Gasteiger charge is -2.09. The highest BCUT2D eigenvalue weighted by atomic mass is 32.2. The molecule has 0 radical (unpaired) electrons. The zero-order valence-corrected chi connectivity index (χ0v) is 11.8. The topological polar surface area (TPSA) is 58.2 Å². The lowest BCUT2D eigenvalue weighted by molar-refractivity contribution is 0.574. The Hall–Kier alpha value is -0.980. The maximum absolute atomic E-state index is 13.6. The second-order valence-corrected chi connectivity index (χ2v) is 6.57. The molecule has 0 aliphatic heterocycles. The molecular weight excluding hydrogens is 267 g/mol. The highest BCUT2D eigenvalue weighted by Gasteiger charge is 2.21. The van der Waals surface area contributed by atoms with Crippen LogP contribution in [-0.2, 0) is 16.6 Å². The predicted octanol–water partition coefficient (Wildman–Crippen LogP) is 1.77. The lowest BCUT2D eigenvalue weighted by atomic mass is 10.2. The minimum Gasteiger partial charge on any atom is -0.310 e. The van der Waals surface area contributed by atoms with Gasteiger partial charge in [-0.25, -0.2) is 17.5 Å². The van der Waals surface area contributed by atoms with Crippen LogP contribution in [0.15, 0.2) is 23.1 Å². The highest BCUT2D eigenvalue weighted by Crippen LogP contribution is 2.21. The van der Waals surface area contributed by atoms with Crippen LogP contribution in [0.2, 0.25) is 0 Å². The number of halogens is 1. The molecule has 0 atom stereocenters. The quantitative estimate of drug-likeness (QED) is 0.803. The van der Waals surface area contributed by atoms with Crippen LogP contribution in [0.3, 0.4) is 0 Å². The average Bonchev–Trinajstić information content (AvgIpc) is 3.19. The van der Waals surface area contributed by atoms with Gasteiger partial charge in [0, 0.05) is 24.7 Å². The first-order valence-electron chi connectivity index (χ1n) is 6.54. The predicted molar refractivity (Wildman–Crippen MR) is 71.7 cm³/mol. The van der Waals surface area contributed by atoms with Gasteiger partial charge >= 0.3 is 0 Å². The number of hydrogen-bond acceptors (Lipinski definition) is 3. The van der Waals surface area contributed by atoms with Crippen molar-refractivity contribution in [2.45, 2.75) is 43.7 Å². The largest absolute Gasteiger partial charge is 0.310 e. The van der Waals surface area contributed by atoms with Gasteiger partial charge in [0.2, 0.25) is 10.0 Å². The van der Waals surface area contributed by atoms with E-state index in [1.54, 1.807) is 0 Å². The van der Waals surface area contributed by atoms with E-state index >= 15 is 0 Å². The molecule has 1 saturated carbocycles. The molecule has 1 aromatic rings. The van der Waals surface area contributed by atoms with Gasteiger partial charge < -0.3 is 5.32 Å². The fraction of sp³-hybridized carbons (Fsp3) is 0.538. The van der Waals surface area contributed by atoms with Gasteiger partial charge in [-0.2, -0.15) is 0 Å². The van der Waals surface area contributed by atoms with Crippen molar-refractivity contribution >= 4 is 10.0 Å². The fourth-order valence-electron chi connectivity index (χ4n) is 1.72. The molecule has 0 aromatic heterocycles. The average molecular weight is 286 g/mol. The Morgan fingerprint density at radius 1 is 1.37 bits per heavy atom. The smallest absolute Gasteiger partial charge is 0.240 e. The van der Waals surface area contributed by atoms with Gasteiger partial charge in [-0.3, -0.25) is 0 Å². The third kappa shape index (κ3) is 3.99. The number of benzene rings is 1. The fourth-order valence-corrected chi connectivity index (χ4v) is 2.90. The second-order valence-electron chi connectivity index (χ2n) is 4.81. The molecule has 19 heavy (non-hydrogen) atoms. The second kappa shape index (κ2) is 5.98. The molecule has 0 unspecified atom stereocenters. The number of sulfonamides is 1. The molecule has 1 aromatic carbocycles. The minimum atomic E-state index is -3.53. The van der Waals surface area contributed by atoms with Crippen molar-refractivity contribution in [3.05, 3.63) is 29.6 Å². The molecule has 0 spiro atoms. The van der Waals surface area contributed by atoms with E-state index in [1.165, 1.54) is 18.2 Å². The molecule has 0 heterocycles. The van der Waals surface area contributed by atoms with E-state index < -0.39 is 10.0 Å². The van der Waals surface area contributed by atoms with Gasteiger partial charge in [-0.15, -0.1) is 0 Å². The van der Waals surface area contributed by atoms with E-state index in [1.807, 2.05) is 6.92 Å². The summed E-state index contributed by atoms with van der Waals surface area (Å²) in [6, 6.07) is 4.37. The SMILES string of the molecule is CCCNS(=O)(=O)c1ccc(F)c(CNC2CC2)c1. The Labute approximate surface area is 113 Å². The van der Waals surface area contributed by atoms with Gasteiger partial charge in [-0.05, 0) is 37.5 Å². The molecular formula is C13H19FN2O2S. The number of nitrogens with one attached hydrogen (secondary N) is 2.